The predicted octanol–water partition coefficient (Wildman–Crippen LogP) is 3.01. The molecule has 1 aliphatic carbocycles. The Hall–Kier alpha value is -1.84. The van der Waals surface area contributed by atoms with Gasteiger partial charge in [0.1, 0.15) is 5.82 Å². The Balaban J connectivity index is 1.65. The highest BCUT2D eigenvalue weighted by Gasteiger charge is 2.39. The molecule has 3 rings (SSSR count). The van der Waals surface area contributed by atoms with E-state index in [-0.39, 0.29) is 17.2 Å². The number of hydrogen-bond donors (Lipinski definition) is 2. The molecule has 0 radical (unpaired) electrons. The molecule has 4 nitrogen and oxygen atoms in total. The first kappa shape index (κ1) is 13.2. The van der Waals surface area contributed by atoms with Gasteiger partial charge in [-0.15, -0.1) is 0 Å². The maximum atomic E-state index is 12.3. The molecular formula is C16H21N3O. The highest BCUT2D eigenvalue weighted by molar-refractivity contribution is 5.80. The van der Waals surface area contributed by atoms with E-state index in [0.29, 0.717) is 6.54 Å². The number of nitrogens with zero attached hydrogens (tertiary/aromatic N) is 1. The summed E-state index contributed by atoms with van der Waals surface area (Å²) >= 11 is 0. The van der Waals surface area contributed by atoms with E-state index in [1.165, 1.54) is 0 Å². The molecule has 1 unspecified atom stereocenters. The van der Waals surface area contributed by atoms with E-state index in [1.54, 1.807) is 0 Å². The Morgan fingerprint density at radius 2 is 2.25 bits per heavy atom. The van der Waals surface area contributed by atoms with Crippen molar-refractivity contribution in [2.75, 3.05) is 0 Å². The van der Waals surface area contributed by atoms with Crippen LogP contribution in [0.1, 0.15) is 38.9 Å². The molecule has 1 saturated carbocycles. The summed E-state index contributed by atoms with van der Waals surface area (Å²) in [5, 5.41) is 3.02. The largest absolute Gasteiger partial charge is 0.349 e. The van der Waals surface area contributed by atoms with Crippen LogP contribution in [0.15, 0.2) is 24.3 Å². The lowest BCUT2D eigenvalue weighted by molar-refractivity contribution is -0.127. The molecule has 1 aromatic heterocycles. The number of rotatable bonds is 3. The van der Waals surface area contributed by atoms with Gasteiger partial charge in [-0.3, -0.25) is 4.79 Å². The molecule has 4 heteroatoms. The van der Waals surface area contributed by atoms with Crippen LogP contribution >= 0.6 is 0 Å². The molecule has 1 aromatic carbocycles. The molecule has 0 saturated heterocycles. The normalized spacial score (nSPS) is 21.2. The van der Waals surface area contributed by atoms with Crippen molar-refractivity contribution in [2.24, 2.45) is 11.3 Å². The van der Waals surface area contributed by atoms with Gasteiger partial charge in [0, 0.05) is 5.92 Å². The van der Waals surface area contributed by atoms with Gasteiger partial charge in [0.15, 0.2) is 0 Å². The maximum Gasteiger partial charge on any atom is 0.224 e. The standard InChI is InChI=1S/C16H21N3O/c1-16(2)9-5-6-11(16)15(20)17-10-14-18-12-7-3-4-8-13(12)19-14/h3-4,7-8,11H,5-6,9-10H2,1-2H3,(H,17,20)(H,18,19). The van der Waals surface area contributed by atoms with E-state index >= 15 is 0 Å². The van der Waals surface area contributed by atoms with Crippen LogP contribution in [0.5, 0.6) is 0 Å². The summed E-state index contributed by atoms with van der Waals surface area (Å²) in [5.74, 6) is 1.11. The third kappa shape index (κ3) is 2.42. The number of amides is 1. The van der Waals surface area contributed by atoms with Crippen molar-refractivity contribution < 1.29 is 4.79 Å². The summed E-state index contributed by atoms with van der Waals surface area (Å²) in [4.78, 5) is 20.0. The predicted molar refractivity (Wildman–Crippen MR) is 79.1 cm³/mol. The van der Waals surface area contributed by atoms with Crippen molar-refractivity contribution in [3.05, 3.63) is 30.1 Å². The molecule has 2 aromatic rings. The Morgan fingerprint density at radius 3 is 2.95 bits per heavy atom. The molecule has 1 amide bonds. The van der Waals surface area contributed by atoms with Crippen LogP contribution in [-0.2, 0) is 11.3 Å². The highest BCUT2D eigenvalue weighted by atomic mass is 16.1. The second-order valence-electron chi connectivity index (χ2n) is 6.35. The van der Waals surface area contributed by atoms with Crippen molar-refractivity contribution in [2.45, 2.75) is 39.7 Å². The zero-order chi connectivity index (χ0) is 14.2. The zero-order valence-corrected chi connectivity index (χ0v) is 12.1. The van der Waals surface area contributed by atoms with Crippen LogP contribution in [0.2, 0.25) is 0 Å². The minimum Gasteiger partial charge on any atom is -0.349 e. The van der Waals surface area contributed by atoms with E-state index in [2.05, 4.69) is 29.1 Å². The number of imidazole rings is 1. The first-order valence-electron chi connectivity index (χ1n) is 7.27. The minimum absolute atomic E-state index is 0.123. The first-order valence-corrected chi connectivity index (χ1v) is 7.27. The van der Waals surface area contributed by atoms with Crippen molar-refractivity contribution in [1.82, 2.24) is 15.3 Å². The lowest BCUT2D eigenvalue weighted by Gasteiger charge is -2.25. The van der Waals surface area contributed by atoms with Gasteiger partial charge < -0.3 is 10.3 Å². The van der Waals surface area contributed by atoms with Crippen molar-refractivity contribution >= 4 is 16.9 Å². The van der Waals surface area contributed by atoms with E-state index in [1.807, 2.05) is 24.3 Å². The first-order chi connectivity index (χ1) is 9.56. The Kier molecular flexibility index (Phi) is 3.24. The molecule has 20 heavy (non-hydrogen) atoms. The van der Waals surface area contributed by atoms with Crippen molar-refractivity contribution in [1.29, 1.82) is 0 Å². The van der Waals surface area contributed by atoms with E-state index in [4.69, 9.17) is 0 Å². The Bertz CT molecular complexity index is 596. The highest BCUT2D eigenvalue weighted by Crippen LogP contribution is 2.42. The monoisotopic (exact) mass is 271 g/mol. The molecule has 1 atom stereocenters. The van der Waals surface area contributed by atoms with Gasteiger partial charge in [0.25, 0.3) is 0 Å². The van der Waals surface area contributed by atoms with E-state index < -0.39 is 0 Å². The Morgan fingerprint density at radius 1 is 1.45 bits per heavy atom. The average molecular weight is 271 g/mol. The fourth-order valence-electron chi connectivity index (χ4n) is 3.20. The molecule has 1 aliphatic rings. The number of aromatic amines is 1. The molecule has 0 bridgehead atoms. The molecule has 106 valence electrons. The second-order valence-corrected chi connectivity index (χ2v) is 6.35. The molecule has 1 heterocycles. The van der Waals surface area contributed by atoms with Crippen LogP contribution < -0.4 is 5.32 Å². The van der Waals surface area contributed by atoms with E-state index in [9.17, 15) is 4.79 Å². The smallest absolute Gasteiger partial charge is 0.224 e. The van der Waals surface area contributed by atoms with Crippen molar-refractivity contribution in [3.8, 4) is 0 Å². The lowest BCUT2D eigenvalue weighted by Crippen LogP contribution is -2.36. The molecule has 0 aliphatic heterocycles. The van der Waals surface area contributed by atoms with Gasteiger partial charge >= 0.3 is 0 Å². The molecule has 0 spiro atoms. The molecule has 2 N–H and O–H groups in total. The van der Waals surface area contributed by atoms with E-state index in [0.717, 1.165) is 36.1 Å². The quantitative estimate of drug-likeness (QED) is 0.901. The lowest BCUT2D eigenvalue weighted by atomic mass is 9.81. The van der Waals surface area contributed by atoms with Crippen LogP contribution in [0.4, 0.5) is 0 Å². The van der Waals surface area contributed by atoms with Crippen LogP contribution in [0.3, 0.4) is 0 Å². The SMILES string of the molecule is CC1(C)CCCC1C(=O)NCc1nc2ccccc2[nH]1. The maximum absolute atomic E-state index is 12.3. The summed E-state index contributed by atoms with van der Waals surface area (Å²) < 4.78 is 0. The average Bonchev–Trinajstić information content (AvgIpc) is 2.98. The number of H-pyrrole nitrogens is 1. The van der Waals surface area contributed by atoms with Gasteiger partial charge in [-0.1, -0.05) is 32.4 Å². The van der Waals surface area contributed by atoms with Crippen LogP contribution in [0.25, 0.3) is 11.0 Å². The number of benzene rings is 1. The number of carbonyl (C=O) groups is 1. The van der Waals surface area contributed by atoms with Gasteiger partial charge in [0.2, 0.25) is 5.91 Å². The Labute approximate surface area is 119 Å². The number of aromatic nitrogens is 2. The number of fused-ring (bicyclic) bond motifs is 1. The number of nitrogens with one attached hydrogen (secondary N) is 2. The number of para-hydroxylation sites is 2. The number of hydrogen-bond acceptors (Lipinski definition) is 2. The topological polar surface area (TPSA) is 57.8 Å². The summed E-state index contributed by atoms with van der Waals surface area (Å²) in [6.45, 7) is 4.84. The summed E-state index contributed by atoms with van der Waals surface area (Å²) in [6.07, 6.45) is 3.28. The summed E-state index contributed by atoms with van der Waals surface area (Å²) in [6, 6.07) is 7.90. The fraction of sp³-hybridized carbons (Fsp3) is 0.500. The molecular weight excluding hydrogens is 250 g/mol. The fourth-order valence-corrected chi connectivity index (χ4v) is 3.20. The van der Waals surface area contributed by atoms with Crippen molar-refractivity contribution in [3.63, 3.8) is 0 Å². The second kappa shape index (κ2) is 4.93. The third-order valence-corrected chi connectivity index (χ3v) is 4.44. The summed E-state index contributed by atoms with van der Waals surface area (Å²) in [7, 11) is 0. The van der Waals surface area contributed by atoms with Gasteiger partial charge in [0.05, 0.1) is 17.6 Å². The zero-order valence-electron chi connectivity index (χ0n) is 12.1. The van der Waals surface area contributed by atoms with Gasteiger partial charge in [-0.2, -0.15) is 0 Å². The van der Waals surface area contributed by atoms with Crippen LogP contribution in [0, 0.1) is 11.3 Å². The summed E-state index contributed by atoms with van der Waals surface area (Å²) in [5.41, 5.74) is 2.08. The van der Waals surface area contributed by atoms with Gasteiger partial charge in [-0.05, 0) is 30.4 Å². The minimum atomic E-state index is 0.123. The molecule has 1 fully saturated rings. The third-order valence-electron chi connectivity index (χ3n) is 4.44. The van der Waals surface area contributed by atoms with Crippen LogP contribution in [-0.4, -0.2) is 15.9 Å². The number of carbonyl (C=O) groups excluding carboxylic acids is 1. The van der Waals surface area contributed by atoms with Gasteiger partial charge in [-0.25, -0.2) is 4.98 Å².